The molecule has 0 aliphatic rings. The summed E-state index contributed by atoms with van der Waals surface area (Å²) in [5.74, 6) is 0.744. The fourth-order valence-corrected chi connectivity index (χ4v) is 2.17. The molecular formula is C14H23IN2. The minimum Gasteiger partial charge on any atom is -0.316 e. The quantitative estimate of drug-likeness (QED) is 0.559. The van der Waals surface area contributed by atoms with Crippen molar-refractivity contribution in [3.8, 4) is 0 Å². The average Bonchev–Trinajstić information content (AvgIpc) is 2.30. The molecule has 0 fully saturated rings. The fraction of sp³-hybridized carbons (Fsp3) is 0.571. The van der Waals surface area contributed by atoms with Crippen LogP contribution in [-0.2, 0) is 6.54 Å². The van der Waals surface area contributed by atoms with Gasteiger partial charge in [-0.3, -0.25) is 0 Å². The Bertz CT molecular complexity index is 313. The molecule has 2 N–H and O–H groups in total. The predicted octanol–water partition coefficient (Wildman–Crippen LogP) is 3.02. The molecule has 1 aromatic carbocycles. The smallest absolute Gasteiger partial charge is 0.0216 e. The maximum atomic E-state index is 3.49. The van der Waals surface area contributed by atoms with E-state index in [0.717, 1.165) is 32.1 Å². The highest BCUT2D eigenvalue weighted by molar-refractivity contribution is 14.1. The van der Waals surface area contributed by atoms with Crippen LogP contribution in [0.15, 0.2) is 24.3 Å². The van der Waals surface area contributed by atoms with Crippen molar-refractivity contribution in [2.24, 2.45) is 5.92 Å². The van der Waals surface area contributed by atoms with Gasteiger partial charge in [0.05, 0.1) is 0 Å². The van der Waals surface area contributed by atoms with Crippen LogP contribution in [0.4, 0.5) is 0 Å². The van der Waals surface area contributed by atoms with Gasteiger partial charge in [0.2, 0.25) is 0 Å². The molecule has 96 valence electrons. The average molecular weight is 346 g/mol. The van der Waals surface area contributed by atoms with E-state index < -0.39 is 0 Å². The van der Waals surface area contributed by atoms with Crippen molar-refractivity contribution < 1.29 is 0 Å². The van der Waals surface area contributed by atoms with Gasteiger partial charge in [0, 0.05) is 10.1 Å². The topological polar surface area (TPSA) is 24.1 Å². The Morgan fingerprint density at radius 2 is 1.82 bits per heavy atom. The van der Waals surface area contributed by atoms with Crippen LogP contribution < -0.4 is 10.6 Å². The molecule has 0 aromatic heterocycles. The van der Waals surface area contributed by atoms with Gasteiger partial charge in [-0.05, 0) is 66.2 Å². The van der Waals surface area contributed by atoms with Crippen molar-refractivity contribution in [1.29, 1.82) is 0 Å². The third-order valence-corrected chi connectivity index (χ3v) is 3.59. The first-order valence-corrected chi connectivity index (χ1v) is 7.43. The standard InChI is InChI=1S/C14H23IN2/c1-12(2)10-16-8-5-9-17-11-13-6-3-4-7-14(13)15/h3-4,6-7,12,16-17H,5,8-11H2,1-2H3. The number of halogens is 1. The van der Waals surface area contributed by atoms with Gasteiger partial charge in [-0.25, -0.2) is 0 Å². The summed E-state index contributed by atoms with van der Waals surface area (Å²) < 4.78 is 1.34. The third kappa shape index (κ3) is 7.01. The van der Waals surface area contributed by atoms with Crippen LogP contribution in [0.2, 0.25) is 0 Å². The van der Waals surface area contributed by atoms with Crippen LogP contribution in [0.25, 0.3) is 0 Å². The van der Waals surface area contributed by atoms with E-state index in [1.807, 2.05) is 0 Å². The Labute approximate surface area is 119 Å². The summed E-state index contributed by atoms with van der Waals surface area (Å²) in [7, 11) is 0. The SMILES string of the molecule is CC(C)CNCCCNCc1ccccc1I. The van der Waals surface area contributed by atoms with Crippen molar-refractivity contribution in [3.63, 3.8) is 0 Å². The van der Waals surface area contributed by atoms with E-state index in [1.165, 1.54) is 15.6 Å². The minimum atomic E-state index is 0.744. The fourth-order valence-electron chi connectivity index (χ4n) is 1.59. The van der Waals surface area contributed by atoms with E-state index in [9.17, 15) is 0 Å². The zero-order valence-electron chi connectivity index (χ0n) is 10.8. The Kier molecular flexibility index (Phi) is 7.81. The molecule has 0 atom stereocenters. The molecule has 1 aromatic rings. The van der Waals surface area contributed by atoms with Crippen molar-refractivity contribution in [1.82, 2.24) is 10.6 Å². The van der Waals surface area contributed by atoms with Crippen LogP contribution in [0.1, 0.15) is 25.8 Å². The van der Waals surface area contributed by atoms with Gasteiger partial charge in [-0.15, -0.1) is 0 Å². The molecule has 0 radical (unpaired) electrons. The molecule has 0 amide bonds. The monoisotopic (exact) mass is 346 g/mol. The van der Waals surface area contributed by atoms with E-state index in [2.05, 4.69) is 71.3 Å². The Morgan fingerprint density at radius 3 is 2.53 bits per heavy atom. The summed E-state index contributed by atoms with van der Waals surface area (Å²) >= 11 is 2.39. The van der Waals surface area contributed by atoms with E-state index in [-0.39, 0.29) is 0 Å². The van der Waals surface area contributed by atoms with Crippen LogP contribution in [0.5, 0.6) is 0 Å². The van der Waals surface area contributed by atoms with Crippen molar-refractivity contribution in [3.05, 3.63) is 33.4 Å². The number of rotatable bonds is 8. The second kappa shape index (κ2) is 8.89. The highest BCUT2D eigenvalue weighted by Gasteiger charge is 1.97. The lowest BCUT2D eigenvalue weighted by molar-refractivity contribution is 0.530. The highest BCUT2D eigenvalue weighted by atomic mass is 127. The zero-order chi connectivity index (χ0) is 12.5. The van der Waals surface area contributed by atoms with Gasteiger partial charge in [0.15, 0.2) is 0 Å². The van der Waals surface area contributed by atoms with Crippen LogP contribution >= 0.6 is 22.6 Å². The number of hydrogen-bond donors (Lipinski definition) is 2. The highest BCUT2D eigenvalue weighted by Crippen LogP contribution is 2.10. The second-order valence-corrected chi connectivity index (χ2v) is 5.88. The molecule has 0 saturated heterocycles. The van der Waals surface area contributed by atoms with Gasteiger partial charge in [-0.2, -0.15) is 0 Å². The van der Waals surface area contributed by atoms with Gasteiger partial charge >= 0.3 is 0 Å². The molecule has 0 bridgehead atoms. The molecule has 3 heteroatoms. The third-order valence-electron chi connectivity index (χ3n) is 2.53. The lowest BCUT2D eigenvalue weighted by Gasteiger charge is -2.09. The Balaban J connectivity index is 2.03. The lowest BCUT2D eigenvalue weighted by atomic mass is 10.2. The molecule has 0 aliphatic carbocycles. The van der Waals surface area contributed by atoms with Crippen LogP contribution in [-0.4, -0.2) is 19.6 Å². The maximum absolute atomic E-state index is 3.49. The second-order valence-electron chi connectivity index (χ2n) is 4.72. The largest absolute Gasteiger partial charge is 0.316 e. The summed E-state index contributed by atoms with van der Waals surface area (Å²) in [5.41, 5.74) is 1.39. The number of nitrogens with one attached hydrogen (secondary N) is 2. The van der Waals surface area contributed by atoms with E-state index >= 15 is 0 Å². The Hall–Kier alpha value is -0.130. The normalized spacial score (nSPS) is 11.1. The summed E-state index contributed by atoms with van der Waals surface area (Å²) in [5, 5.41) is 6.94. The van der Waals surface area contributed by atoms with E-state index in [1.54, 1.807) is 0 Å². The lowest BCUT2D eigenvalue weighted by Crippen LogP contribution is -2.24. The van der Waals surface area contributed by atoms with E-state index in [4.69, 9.17) is 0 Å². The molecule has 1 rings (SSSR count). The van der Waals surface area contributed by atoms with Gasteiger partial charge in [-0.1, -0.05) is 32.0 Å². The molecule has 0 unspecified atom stereocenters. The van der Waals surface area contributed by atoms with Gasteiger partial charge in [0.25, 0.3) is 0 Å². The molecule has 2 nitrogen and oxygen atoms in total. The first-order chi connectivity index (χ1) is 8.20. The summed E-state index contributed by atoms with van der Waals surface area (Å²) in [4.78, 5) is 0. The maximum Gasteiger partial charge on any atom is 0.0216 e. The predicted molar refractivity (Wildman–Crippen MR) is 83.2 cm³/mol. The van der Waals surface area contributed by atoms with E-state index in [0.29, 0.717) is 0 Å². The molecule has 0 spiro atoms. The minimum absolute atomic E-state index is 0.744. The number of hydrogen-bond acceptors (Lipinski definition) is 2. The van der Waals surface area contributed by atoms with Crippen LogP contribution in [0, 0.1) is 9.49 Å². The number of benzene rings is 1. The summed E-state index contributed by atoms with van der Waals surface area (Å²) in [6, 6.07) is 8.53. The summed E-state index contributed by atoms with van der Waals surface area (Å²) in [6.07, 6.45) is 1.19. The van der Waals surface area contributed by atoms with Gasteiger partial charge in [0.1, 0.15) is 0 Å². The first kappa shape index (κ1) is 14.9. The van der Waals surface area contributed by atoms with Gasteiger partial charge < -0.3 is 10.6 Å². The molecule has 0 saturated carbocycles. The molecule has 0 aliphatic heterocycles. The molecule has 17 heavy (non-hydrogen) atoms. The Morgan fingerprint density at radius 1 is 1.12 bits per heavy atom. The van der Waals surface area contributed by atoms with Crippen molar-refractivity contribution >= 4 is 22.6 Å². The summed E-state index contributed by atoms with van der Waals surface area (Å²) in [6.45, 7) is 8.76. The van der Waals surface area contributed by atoms with Crippen molar-refractivity contribution in [2.45, 2.75) is 26.8 Å². The molecular weight excluding hydrogens is 323 g/mol. The zero-order valence-corrected chi connectivity index (χ0v) is 13.0. The van der Waals surface area contributed by atoms with Crippen LogP contribution in [0.3, 0.4) is 0 Å². The first-order valence-electron chi connectivity index (χ1n) is 6.35. The van der Waals surface area contributed by atoms with Crippen molar-refractivity contribution in [2.75, 3.05) is 19.6 Å². The molecule has 0 heterocycles.